The zero-order valence-electron chi connectivity index (χ0n) is 9.73. The number of carbonyl (C=O) groups excluding carboxylic acids is 1. The third-order valence-corrected chi connectivity index (χ3v) is 2.81. The lowest BCUT2D eigenvalue weighted by molar-refractivity contribution is -0.116. The fourth-order valence-corrected chi connectivity index (χ4v) is 1.90. The molecule has 0 fully saturated rings. The highest BCUT2D eigenvalue weighted by atomic mass is 16.5. The van der Waals surface area contributed by atoms with E-state index < -0.39 is 6.04 Å². The van der Waals surface area contributed by atoms with Crippen LogP contribution in [0, 0.1) is 6.92 Å². The average molecular weight is 244 g/mol. The first kappa shape index (κ1) is 10.8. The second-order valence-corrected chi connectivity index (χ2v) is 4.21. The van der Waals surface area contributed by atoms with Gasteiger partial charge in [0.25, 0.3) is 0 Å². The molecule has 0 aliphatic carbocycles. The standard InChI is InChI=1S/C12H12N4O2/c1-6-4-10(16-15-6)18-7-2-3-8-9(5-7)14-12(17)11(8)13/h2-5,11H,13H2,1H3,(H,14,17)(H,15,16). The van der Waals surface area contributed by atoms with Crippen molar-refractivity contribution >= 4 is 11.6 Å². The van der Waals surface area contributed by atoms with E-state index in [9.17, 15) is 4.79 Å². The maximum atomic E-state index is 11.4. The van der Waals surface area contributed by atoms with Crippen molar-refractivity contribution in [2.45, 2.75) is 13.0 Å². The first-order valence-electron chi connectivity index (χ1n) is 5.54. The number of hydrogen-bond donors (Lipinski definition) is 3. The molecule has 1 unspecified atom stereocenters. The maximum absolute atomic E-state index is 11.4. The van der Waals surface area contributed by atoms with Crippen LogP contribution in [0.15, 0.2) is 24.3 Å². The smallest absolute Gasteiger partial charge is 0.245 e. The molecule has 0 radical (unpaired) electrons. The third kappa shape index (κ3) is 1.72. The first-order valence-corrected chi connectivity index (χ1v) is 5.54. The van der Waals surface area contributed by atoms with Gasteiger partial charge in [0.05, 0.1) is 0 Å². The summed E-state index contributed by atoms with van der Waals surface area (Å²) in [5, 5.41) is 9.47. The van der Waals surface area contributed by atoms with Crippen LogP contribution in [0.4, 0.5) is 5.69 Å². The topological polar surface area (TPSA) is 93.0 Å². The summed E-state index contributed by atoms with van der Waals surface area (Å²) in [6, 6.07) is 6.49. The van der Waals surface area contributed by atoms with Crippen molar-refractivity contribution in [1.82, 2.24) is 10.2 Å². The number of benzene rings is 1. The Morgan fingerprint density at radius 3 is 2.94 bits per heavy atom. The van der Waals surface area contributed by atoms with Crippen molar-refractivity contribution in [2.75, 3.05) is 5.32 Å². The number of hydrogen-bond acceptors (Lipinski definition) is 4. The van der Waals surface area contributed by atoms with Gasteiger partial charge < -0.3 is 15.8 Å². The van der Waals surface area contributed by atoms with Crippen molar-refractivity contribution in [1.29, 1.82) is 0 Å². The summed E-state index contributed by atoms with van der Waals surface area (Å²) in [5.74, 6) is 0.897. The van der Waals surface area contributed by atoms with Crippen LogP contribution in [0.25, 0.3) is 0 Å². The maximum Gasteiger partial charge on any atom is 0.245 e. The average Bonchev–Trinajstić information content (AvgIpc) is 2.85. The van der Waals surface area contributed by atoms with Crippen LogP contribution in [0.5, 0.6) is 11.6 Å². The molecule has 1 aliphatic rings. The Hall–Kier alpha value is -2.34. The van der Waals surface area contributed by atoms with E-state index in [1.807, 2.05) is 6.92 Å². The number of aromatic amines is 1. The summed E-state index contributed by atoms with van der Waals surface area (Å²) < 4.78 is 5.56. The molecule has 1 atom stereocenters. The largest absolute Gasteiger partial charge is 0.437 e. The predicted molar refractivity (Wildman–Crippen MR) is 65.4 cm³/mol. The van der Waals surface area contributed by atoms with Gasteiger partial charge in [0.1, 0.15) is 11.8 Å². The van der Waals surface area contributed by atoms with Gasteiger partial charge in [-0.05, 0) is 13.0 Å². The molecule has 92 valence electrons. The molecule has 1 amide bonds. The van der Waals surface area contributed by atoms with E-state index in [1.54, 1.807) is 24.3 Å². The minimum Gasteiger partial charge on any atom is -0.437 e. The summed E-state index contributed by atoms with van der Waals surface area (Å²) in [6.07, 6.45) is 0. The lowest BCUT2D eigenvalue weighted by Gasteiger charge is -2.05. The Balaban J connectivity index is 1.88. The number of nitrogens with one attached hydrogen (secondary N) is 2. The molecular formula is C12H12N4O2. The first-order chi connectivity index (χ1) is 8.63. The van der Waals surface area contributed by atoms with E-state index in [2.05, 4.69) is 15.5 Å². The molecule has 6 heteroatoms. The molecule has 2 heterocycles. The van der Waals surface area contributed by atoms with Crippen LogP contribution in [-0.2, 0) is 4.79 Å². The number of fused-ring (bicyclic) bond motifs is 1. The molecule has 0 spiro atoms. The number of H-pyrrole nitrogens is 1. The van der Waals surface area contributed by atoms with E-state index in [1.165, 1.54) is 0 Å². The second-order valence-electron chi connectivity index (χ2n) is 4.21. The fourth-order valence-electron chi connectivity index (χ4n) is 1.90. The quantitative estimate of drug-likeness (QED) is 0.745. The van der Waals surface area contributed by atoms with Crippen molar-refractivity contribution in [3.63, 3.8) is 0 Å². The number of nitrogens with zero attached hydrogens (tertiary/aromatic N) is 1. The number of ether oxygens (including phenoxy) is 1. The van der Waals surface area contributed by atoms with Gasteiger partial charge in [-0.15, -0.1) is 5.10 Å². The van der Waals surface area contributed by atoms with Gasteiger partial charge in [-0.2, -0.15) is 0 Å². The molecule has 3 rings (SSSR count). The van der Waals surface area contributed by atoms with Crippen LogP contribution in [0.3, 0.4) is 0 Å². The van der Waals surface area contributed by atoms with Crippen LogP contribution < -0.4 is 15.8 Å². The van der Waals surface area contributed by atoms with E-state index in [0.717, 1.165) is 11.3 Å². The Kier molecular flexibility index (Phi) is 2.31. The molecule has 1 aliphatic heterocycles. The minimum absolute atomic E-state index is 0.197. The van der Waals surface area contributed by atoms with Crippen LogP contribution >= 0.6 is 0 Å². The number of carbonyl (C=O) groups is 1. The van der Waals surface area contributed by atoms with Crippen molar-refractivity contribution in [3.8, 4) is 11.6 Å². The molecule has 18 heavy (non-hydrogen) atoms. The van der Waals surface area contributed by atoms with E-state index in [4.69, 9.17) is 10.5 Å². The highest BCUT2D eigenvalue weighted by Crippen LogP contribution is 2.33. The lowest BCUT2D eigenvalue weighted by Crippen LogP contribution is -2.19. The molecule has 0 bridgehead atoms. The third-order valence-electron chi connectivity index (χ3n) is 2.81. The van der Waals surface area contributed by atoms with E-state index >= 15 is 0 Å². The Labute approximate surface area is 103 Å². The molecule has 6 nitrogen and oxygen atoms in total. The van der Waals surface area contributed by atoms with Gasteiger partial charge >= 0.3 is 0 Å². The summed E-state index contributed by atoms with van der Waals surface area (Å²) in [5.41, 5.74) is 8.12. The Bertz CT molecular complexity index is 620. The van der Waals surface area contributed by atoms with Gasteiger partial charge in [-0.3, -0.25) is 9.89 Å². The second kappa shape index (κ2) is 3.85. The zero-order valence-corrected chi connectivity index (χ0v) is 9.73. The van der Waals surface area contributed by atoms with Gasteiger partial charge in [-0.1, -0.05) is 6.07 Å². The highest BCUT2D eigenvalue weighted by Gasteiger charge is 2.27. The van der Waals surface area contributed by atoms with Gasteiger partial charge in [0.15, 0.2) is 0 Å². The molecule has 1 aromatic carbocycles. The number of amides is 1. The van der Waals surface area contributed by atoms with Crippen molar-refractivity contribution in [2.24, 2.45) is 5.73 Å². The van der Waals surface area contributed by atoms with Crippen molar-refractivity contribution in [3.05, 3.63) is 35.5 Å². The Morgan fingerprint density at radius 1 is 1.39 bits per heavy atom. The number of anilines is 1. The SMILES string of the molecule is Cc1cc(Oc2ccc3c(c2)NC(=O)C3N)n[nH]1. The fraction of sp³-hybridized carbons (Fsp3) is 0.167. The van der Waals surface area contributed by atoms with Crippen molar-refractivity contribution < 1.29 is 9.53 Å². The molecule has 4 N–H and O–H groups in total. The monoisotopic (exact) mass is 244 g/mol. The van der Waals surface area contributed by atoms with Gasteiger partial charge in [0.2, 0.25) is 11.8 Å². The normalized spacial score (nSPS) is 17.4. The minimum atomic E-state index is -0.596. The zero-order chi connectivity index (χ0) is 12.7. The summed E-state index contributed by atoms with van der Waals surface area (Å²) in [6.45, 7) is 1.89. The molecular weight excluding hydrogens is 232 g/mol. The molecule has 0 saturated heterocycles. The number of aryl methyl sites for hydroxylation is 1. The van der Waals surface area contributed by atoms with E-state index in [-0.39, 0.29) is 5.91 Å². The number of aromatic nitrogens is 2. The van der Waals surface area contributed by atoms with Crippen LogP contribution in [0.2, 0.25) is 0 Å². The summed E-state index contributed by atoms with van der Waals surface area (Å²) in [7, 11) is 0. The lowest BCUT2D eigenvalue weighted by atomic mass is 10.1. The van der Waals surface area contributed by atoms with Crippen LogP contribution in [-0.4, -0.2) is 16.1 Å². The Morgan fingerprint density at radius 2 is 2.22 bits per heavy atom. The predicted octanol–water partition coefficient (Wildman–Crippen LogP) is 1.46. The number of nitrogens with two attached hydrogens (primary N) is 1. The molecule has 2 aromatic rings. The molecule has 1 aromatic heterocycles. The highest BCUT2D eigenvalue weighted by molar-refractivity contribution is 6.02. The van der Waals surface area contributed by atoms with E-state index in [0.29, 0.717) is 17.3 Å². The van der Waals surface area contributed by atoms with Gasteiger partial charge in [-0.25, -0.2) is 0 Å². The summed E-state index contributed by atoms with van der Waals surface area (Å²) >= 11 is 0. The summed E-state index contributed by atoms with van der Waals surface area (Å²) in [4.78, 5) is 11.4. The number of rotatable bonds is 2. The molecule has 0 saturated carbocycles. The van der Waals surface area contributed by atoms with Gasteiger partial charge in [0, 0.05) is 29.1 Å². The van der Waals surface area contributed by atoms with Crippen LogP contribution in [0.1, 0.15) is 17.3 Å².